The van der Waals surface area contributed by atoms with Crippen molar-refractivity contribution in [2.24, 2.45) is 11.8 Å². The molecule has 0 heterocycles. The second-order valence-electron chi connectivity index (χ2n) is 3.78. The molecule has 0 saturated heterocycles. The second-order valence-corrected chi connectivity index (χ2v) is 3.78. The van der Waals surface area contributed by atoms with Gasteiger partial charge in [0.1, 0.15) is 0 Å². The minimum absolute atomic E-state index is 0.0504. The van der Waals surface area contributed by atoms with Crippen LogP contribution in [0.5, 0.6) is 0 Å². The Balaban J connectivity index is 2.18. The topological polar surface area (TPSA) is 26.3 Å². The zero-order valence-corrected chi connectivity index (χ0v) is 8.45. The smallest absolute Gasteiger partial charge is 0.306 e. The summed E-state index contributed by atoms with van der Waals surface area (Å²) in [5.74, 6) is 0.994. The van der Waals surface area contributed by atoms with Gasteiger partial charge >= 0.3 is 5.97 Å². The van der Waals surface area contributed by atoms with Crippen molar-refractivity contribution in [2.75, 3.05) is 6.61 Å². The van der Waals surface area contributed by atoms with Crippen molar-refractivity contribution in [2.45, 2.75) is 33.1 Å². The molecule has 0 N–H and O–H groups in total. The minimum Gasteiger partial charge on any atom is -0.466 e. The highest BCUT2D eigenvalue weighted by Crippen LogP contribution is 2.25. The molecule has 0 fully saturated rings. The summed E-state index contributed by atoms with van der Waals surface area (Å²) >= 11 is 0. The summed E-state index contributed by atoms with van der Waals surface area (Å²) in [6.45, 7) is 4.74. The summed E-state index contributed by atoms with van der Waals surface area (Å²) in [6.07, 6.45) is 6.88. The predicted molar refractivity (Wildman–Crippen MR) is 52.3 cm³/mol. The molecule has 74 valence electrons. The first-order valence-corrected chi connectivity index (χ1v) is 5.06. The summed E-state index contributed by atoms with van der Waals surface area (Å²) in [5, 5.41) is 0. The van der Waals surface area contributed by atoms with Gasteiger partial charge in [0.25, 0.3) is 0 Å². The van der Waals surface area contributed by atoms with Crippen LogP contribution in [0.3, 0.4) is 0 Å². The van der Waals surface area contributed by atoms with Crippen molar-refractivity contribution in [3.05, 3.63) is 12.2 Å². The van der Waals surface area contributed by atoms with E-state index in [9.17, 15) is 4.79 Å². The minimum atomic E-state index is -0.0504. The summed E-state index contributed by atoms with van der Waals surface area (Å²) in [5.41, 5.74) is 0. The number of hydrogen-bond acceptors (Lipinski definition) is 2. The Labute approximate surface area is 80.0 Å². The van der Waals surface area contributed by atoms with Gasteiger partial charge in [-0.05, 0) is 24.7 Å². The number of esters is 1. The molecule has 2 unspecified atom stereocenters. The average Bonchev–Trinajstić information content (AvgIpc) is 2.48. The van der Waals surface area contributed by atoms with Gasteiger partial charge in [-0.3, -0.25) is 4.79 Å². The van der Waals surface area contributed by atoms with Gasteiger partial charge in [0.15, 0.2) is 0 Å². The quantitative estimate of drug-likeness (QED) is 0.493. The molecule has 1 aliphatic carbocycles. The first kappa shape index (κ1) is 10.3. The van der Waals surface area contributed by atoms with E-state index in [4.69, 9.17) is 4.74 Å². The summed E-state index contributed by atoms with van der Waals surface area (Å²) in [4.78, 5) is 11.2. The molecule has 2 atom stereocenters. The van der Waals surface area contributed by atoms with E-state index >= 15 is 0 Å². The largest absolute Gasteiger partial charge is 0.466 e. The lowest BCUT2D eigenvalue weighted by molar-refractivity contribution is -0.144. The van der Waals surface area contributed by atoms with Crippen LogP contribution in [0.25, 0.3) is 0 Å². The Kier molecular flexibility index (Phi) is 4.00. The number of ether oxygens (including phenoxy) is 1. The van der Waals surface area contributed by atoms with E-state index < -0.39 is 0 Å². The molecule has 0 saturated carbocycles. The fraction of sp³-hybridized carbons (Fsp3) is 0.727. The Hall–Kier alpha value is -0.790. The molecule has 13 heavy (non-hydrogen) atoms. The normalized spacial score (nSPS) is 26.3. The van der Waals surface area contributed by atoms with Gasteiger partial charge in [-0.2, -0.15) is 0 Å². The molecule has 1 rings (SSSR count). The zero-order chi connectivity index (χ0) is 9.68. The molecule has 0 aromatic carbocycles. The highest BCUT2D eigenvalue weighted by Gasteiger charge is 2.18. The molecule has 0 bridgehead atoms. The van der Waals surface area contributed by atoms with Crippen LogP contribution in [-0.4, -0.2) is 12.6 Å². The lowest BCUT2D eigenvalue weighted by Crippen LogP contribution is -2.10. The lowest BCUT2D eigenvalue weighted by Gasteiger charge is -2.08. The molecular weight excluding hydrogens is 164 g/mol. The van der Waals surface area contributed by atoms with Crippen LogP contribution in [0.15, 0.2) is 12.2 Å². The van der Waals surface area contributed by atoms with Crippen LogP contribution in [0.4, 0.5) is 0 Å². The number of hydrogen-bond donors (Lipinski definition) is 0. The highest BCUT2D eigenvalue weighted by atomic mass is 16.5. The van der Waals surface area contributed by atoms with E-state index in [0.717, 1.165) is 12.8 Å². The van der Waals surface area contributed by atoms with Gasteiger partial charge in [-0.15, -0.1) is 0 Å². The lowest BCUT2D eigenvalue weighted by atomic mass is 10.0. The monoisotopic (exact) mass is 182 g/mol. The second kappa shape index (κ2) is 5.05. The third-order valence-electron chi connectivity index (χ3n) is 2.28. The van der Waals surface area contributed by atoms with Gasteiger partial charge < -0.3 is 4.74 Å². The van der Waals surface area contributed by atoms with Crippen molar-refractivity contribution >= 4 is 5.97 Å². The number of rotatable bonds is 4. The van der Waals surface area contributed by atoms with E-state index in [1.54, 1.807) is 0 Å². The third-order valence-corrected chi connectivity index (χ3v) is 2.28. The van der Waals surface area contributed by atoms with Gasteiger partial charge in [-0.25, -0.2) is 0 Å². The standard InChI is InChI=1S/C11H18O2/c1-3-6-13-11(12)8-10-5-4-9(2)7-10/h4-5,9-10H,3,6-8H2,1-2H3. The maximum atomic E-state index is 11.2. The average molecular weight is 182 g/mol. The maximum Gasteiger partial charge on any atom is 0.306 e. The van der Waals surface area contributed by atoms with Crippen LogP contribution in [0, 0.1) is 11.8 Å². The van der Waals surface area contributed by atoms with Crippen molar-refractivity contribution in [3.63, 3.8) is 0 Å². The molecule has 0 aliphatic heterocycles. The van der Waals surface area contributed by atoms with Gasteiger partial charge in [0.05, 0.1) is 13.0 Å². The molecule has 2 nitrogen and oxygen atoms in total. The Morgan fingerprint density at radius 2 is 2.31 bits per heavy atom. The molecule has 0 aromatic heterocycles. The van der Waals surface area contributed by atoms with Crippen LogP contribution >= 0.6 is 0 Å². The Morgan fingerprint density at radius 1 is 1.54 bits per heavy atom. The van der Waals surface area contributed by atoms with Crippen LogP contribution in [0.2, 0.25) is 0 Å². The zero-order valence-electron chi connectivity index (χ0n) is 8.45. The molecule has 0 aromatic rings. The predicted octanol–water partition coefficient (Wildman–Crippen LogP) is 2.54. The fourth-order valence-corrected chi connectivity index (χ4v) is 1.62. The molecule has 2 heteroatoms. The number of carbonyl (C=O) groups is 1. The Morgan fingerprint density at radius 3 is 2.85 bits per heavy atom. The van der Waals surface area contributed by atoms with E-state index in [2.05, 4.69) is 19.1 Å². The van der Waals surface area contributed by atoms with E-state index in [-0.39, 0.29) is 5.97 Å². The van der Waals surface area contributed by atoms with Crippen LogP contribution in [-0.2, 0) is 9.53 Å². The van der Waals surface area contributed by atoms with Crippen molar-refractivity contribution in [1.82, 2.24) is 0 Å². The van der Waals surface area contributed by atoms with E-state index in [0.29, 0.717) is 24.9 Å². The highest BCUT2D eigenvalue weighted by molar-refractivity contribution is 5.70. The SMILES string of the molecule is CCCOC(=O)CC1C=CC(C)C1. The first-order valence-electron chi connectivity index (χ1n) is 5.06. The van der Waals surface area contributed by atoms with Gasteiger partial charge in [0.2, 0.25) is 0 Å². The van der Waals surface area contributed by atoms with Crippen LogP contribution in [0.1, 0.15) is 33.1 Å². The maximum absolute atomic E-state index is 11.2. The van der Waals surface area contributed by atoms with E-state index in [1.807, 2.05) is 6.92 Å². The fourth-order valence-electron chi connectivity index (χ4n) is 1.62. The number of allylic oxidation sites excluding steroid dienone is 2. The third kappa shape index (κ3) is 3.62. The summed E-state index contributed by atoms with van der Waals surface area (Å²) in [6, 6.07) is 0. The molecule has 0 radical (unpaired) electrons. The molecule has 0 spiro atoms. The van der Waals surface area contributed by atoms with Gasteiger partial charge in [-0.1, -0.05) is 26.0 Å². The Bertz CT molecular complexity index is 196. The van der Waals surface area contributed by atoms with E-state index in [1.165, 1.54) is 0 Å². The summed E-state index contributed by atoms with van der Waals surface area (Å²) < 4.78 is 5.02. The van der Waals surface area contributed by atoms with Crippen molar-refractivity contribution in [3.8, 4) is 0 Å². The van der Waals surface area contributed by atoms with Gasteiger partial charge in [0, 0.05) is 0 Å². The summed E-state index contributed by atoms with van der Waals surface area (Å²) in [7, 11) is 0. The number of carbonyl (C=O) groups excluding carboxylic acids is 1. The molecular formula is C11H18O2. The molecule has 1 aliphatic rings. The first-order chi connectivity index (χ1) is 6.22. The van der Waals surface area contributed by atoms with Crippen molar-refractivity contribution in [1.29, 1.82) is 0 Å². The van der Waals surface area contributed by atoms with Crippen molar-refractivity contribution < 1.29 is 9.53 Å². The molecule has 0 amide bonds. The van der Waals surface area contributed by atoms with Crippen LogP contribution < -0.4 is 0 Å².